The fourth-order valence-corrected chi connectivity index (χ4v) is 0.424. The third-order valence-corrected chi connectivity index (χ3v) is 1.26. The number of aliphatic hydroxyl groups is 1. The van der Waals surface area contributed by atoms with Crippen molar-refractivity contribution in [3.63, 3.8) is 0 Å². The summed E-state index contributed by atoms with van der Waals surface area (Å²) in [6.07, 6.45) is 2.42. The maximum absolute atomic E-state index is 9.27. The quantitative estimate of drug-likeness (QED) is 0.572. The predicted molar refractivity (Wildman–Crippen MR) is 40.3 cm³/mol. The van der Waals surface area contributed by atoms with Gasteiger partial charge in [-0.1, -0.05) is 12.7 Å². The van der Waals surface area contributed by atoms with Crippen molar-refractivity contribution < 1.29 is 5.11 Å². The molecule has 0 unspecified atom stereocenters. The van der Waals surface area contributed by atoms with Gasteiger partial charge in [0.2, 0.25) is 0 Å². The molecule has 0 saturated heterocycles. The van der Waals surface area contributed by atoms with Crippen molar-refractivity contribution in [1.82, 2.24) is 0 Å². The van der Waals surface area contributed by atoms with Gasteiger partial charge in [0.15, 0.2) is 0 Å². The average Bonchev–Trinajstić information content (AvgIpc) is 1.64. The molecule has 9 heavy (non-hydrogen) atoms. The van der Waals surface area contributed by atoms with Crippen molar-refractivity contribution >= 4 is 0 Å². The molecule has 0 bridgehead atoms. The Morgan fingerprint density at radius 2 is 2.11 bits per heavy atom. The Morgan fingerprint density at radius 1 is 1.67 bits per heavy atom. The first-order chi connectivity index (χ1) is 3.98. The third kappa shape index (κ3) is 3.09. The Balaban J connectivity index is 3.88. The van der Waals surface area contributed by atoms with Gasteiger partial charge in [0.1, 0.15) is 0 Å². The first kappa shape index (κ1) is 8.44. The summed E-state index contributed by atoms with van der Waals surface area (Å²) in [4.78, 5) is 0. The van der Waals surface area contributed by atoms with Crippen LogP contribution in [0.15, 0.2) is 24.8 Å². The zero-order chi connectivity index (χ0) is 7.49. The van der Waals surface area contributed by atoms with Gasteiger partial charge >= 0.3 is 0 Å². The summed E-state index contributed by atoms with van der Waals surface area (Å²) in [5.41, 5.74) is 0.0475. The summed E-state index contributed by atoms with van der Waals surface area (Å²) in [5, 5.41) is 9.27. The highest BCUT2D eigenvalue weighted by molar-refractivity contribution is 5.11. The Hall–Kier alpha value is -0.560. The van der Waals surface area contributed by atoms with Crippen LogP contribution in [0.3, 0.4) is 0 Å². The molecule has 0 aliphatic rings. The van der Waals surface area contributed by atoms with E-state index < -0.39 is 5.60 Å². The molecule has 0 aliphatic carbocycles. The van der Waals surface area contributed by atoms with E-state index in [-0.39, 0.29) is 0 Å². The van der Waals surface area contributed by atoms with Crippen LogP contribution < -0.4 is 0 Å². The Labute approximate surface area is 56.7 Å². The standard InChI is InChI=1S/C8H14O/c1-5-6-7(2)8(3,4)9/h5,9H,1-2,6H2,3-4H3. The molecule has 1 heteroatoms. The van der Waals surface area contributed by atoms with E-state index in [1.165, 1.54) is 0 Å². The van der Waals surface area contributed by atoms with E-state index >= 15 is 0 Å². The first-order valence-corrected chi connectivity index (χ1v) is 3.00. The van der Waals surface area contributed by atoms with Crippen LogP contribution in [0, 0.1) is 0 Å². The number of allylic oxidation sites excluding steroid dienone is 1. The van der Waals surface area contributed by atoms with E-state index in [4.69, 9.17) is 0 Å². The summed E-state index contributed by atoms with van der Waals surface area (Å²) < 4.78 is 0. The topological polar surface area (TPSA) is 20.2 Å². The van der Waals surface area contributed by atoms with E-state index in [9.17, 15) is 5.11 Å². The maximum Gasteiger partial charge on any atom is 0.0801 e. The highest BCUT2D eigenvalue weighted by Crippen LogP contribution is 2.16. The van der Waals surface area contributed by atoms with Gasteiger partial charge in [-0.25, -0.2) is 0 Å². The van der Waals surface area contributed by atoms with Crippen LogP contribution in [0.4, 0.5) is 0 Å². The second kappa shape index (κ2) is 2.83. The second-order valence-electron chi connectivity index (χ2n) is 2.66. The van der Waals surface area contributed by atoms with Crippen LogP contribution in [-0.2, 0) is 0 Å². The van der Waals surface area contributed by atoms with E-state index in [1.807, 2.05) is 0 Å². The third-order valence-electron chi connectivity index (χ3n) is 1.26. The molecule has 0 radical (unpaired) electrons. The van der Waals surface area contributed by atoms with Crippen LogP contribution in [0.5, 0.6) is 0 Å². The summed E-state index contributed by atoms with van der Waals surface area (Å²) in [5.74, 6) is 0. The van der Waals surface area contributed by atoms with Gasteiger partial charge in [-0.2, -0.15) is 0 Å². The van der Waals surface area contributed by atoms with Gasteiger partial charge in [-0.05, 0) is 25.8 Å². The maximum atomic E-state index is 9.27. The van der Waals surface area contributed by atoms with Gasteiger partial charge in [0.05, 0.1) is 5.60 Å². The predicted octanol–water partition coefficient (Wildman–Crippen LogP) is 1.89. The van der Waals surface area contributed by atoms with Gasteiger partial charge in [-0.3, -0.25) is 0 Å². The van der Waals surface area contributed by atoms with Crippen molar-refractivity contribution in [3.8, 4) is 0 Å². The van der Waals surface area contributed by atoms with Gasteiger partial charge in [0.25, 0.3) is 0 Å². The molecule has 0 heterocycles. The molecule has 0 aromatic carbocycles. The molecule has 0 aliphatic heterocycles. The van der Waals surface area contributed by atoms with Crippen molar-refractivity contribution in [2.45, 2.75) is 25.9 Å². The molecule has 1 N–H and O–H groups in total. The van der Waals surface area contributed by atoms with E-state index in [2.05, 4.69) is 13.2 Å². The molecule has 0 aromatic heterocycles. The average molecular weight is 126 g/mol. The second-order valence-corrected chi connectivity index (χ2v) is 2.66. The highest BCUT2D eigenvalue weighted by atomic mass is 16.3. The van der Waals surface area contributed by atoms with Crippen molar-refractivity contribution in [2.24, 2.45) is 0 Å². The smallest absolute Gasteiger partial charge is 0.0801 e. The summed E-state index contributed by atoms with van der Waals surface area (Å²) >= 11 is 0. The zero-order valence-corrected chi connectivity index (χ0v) is 6.15. The minimum Gasteiger partial charge on any atom is -0.386 e. The molecule has 0 fully saturated rings. The lowest BCUT2D eigenvalue weighted by atomic mass is 9.97. The normalized spacial score (nSPS) is 11.0. The van der Waals surface area contributed by atoms with Crippen LogP contribution >= 0.6 is 0 Å². The summed E-state index contributed by atoms with van der Waals surface area (Å²) in [7, 11) is 0. The van der Waals surface area contributed by atoms with E-state index in [0.717, 1.165) is 5.57 Å². The Bertz CT molecular complexity index is 117. The van der Waals surface area contributed by atoms with Crippen molar-refractivity contribution in [1.29, 1.82) is 0 Å². The fourth-order valence-electron chi connectivity index (χ4n) is 0.424. The van der Waals surface area contributed by atoms with Crippen molar-refractivity contribution in [2.75, 3.05) is 0 Å². The first-order valence-electron chi connectivity index (χ1n) is 3.00. The Morgan fingerprint density at radius 3 is 2.22 bits per heavy atom. The molecular weight excluding hydrogens is 112 g/mol. The molecule has 0 saturated carbocycles. The van der Waals surface area contributed by atoms with Gasteiger partial charge < -0.3 is 5.11 Å². The van der Waals surface area contributed by atoms with E-state index in [1.54, 1.807) is 19.9 Å². The largest absolute Gasteiger partial charge is 0.386 e. The SMILES string of the molecule is C=CCC(=C)C(C)(C)O. The molecule has 0 rings (SSSR count). The number of hydrogen-bond donors (Lipinski definition) is 1. The minimum absolute atomic E-state index is 0.684. The lowest BCUT2D eigenvalue weighted by Crippen LogP contribution is -2.20. The van der Waals surface area contributed by atoms with E-state index in [0.29, 0.717) is 6.42 Å². The van der Waals surface area contributed by atoms with Crippen LogP contribution in [-0.4, -0.2) is 10.7 Å². The lowest BCUT2D eigenvalue weighted by Gasteiger charge is -2.18. The lowest BCUT2D eigenvalue weighted by molar-refractivity contribution is 0.118. The van der Waals surface area contributed by atoms with Gasteiger partial charge in [0, 0.05) is 0 Å². The van der Waals surface area contributed by atoms with Crippen LogP contribution in [0.25, 0.3) is 0 Å². The molecule has 52 valence electrons. The minimum atomic E-state index is -0.756. The summed E-state index contributed by atoms with van der Waals surface area (Å²) in [6.45, 7) is 10.7. The van der Waals surface area contributed by atoms with Gasteiger partial charge in [-0.15, -0.1) is 6.58 Å². The monoisotopic (exact) mass is 126 g/mol. The molecule has 0 amide bonds. The number of hydrogen-bond acceptors (Lipinski definition) is 1. The Kier molecular flexibility index (Phi) is 2.65. The molecule has 0 atom stereocenters. The number of rotatable bonds is 3. The highest BCUT2D eigenvalue weighted by Gasteiger charge is 2.14. The molecule has 0 aromatic rings. The molecule has 0 spiro atoms. The van der Waals surface area contributed by atoms with Crippen LogP contribution in [0.1, 0.15) is 20.3 Å². The molecule has 1 nitrogen and oxygen atoms in total. The fraction of sp³-hybridized carbons (Fsp3) is 0.500. The zero-order valence-electron chi connectivity index (χ0n) is 6.15. The molecular formula is C8H14O. The summed E-state index contributed by atoms with van der Waals surface area (Å²) in [6, 6.07) is 0. The van der Waals surface area contributed by atoms with Crippen molar-refractivity contribution in [3.05, 3.63) is 24.8 Å². The van der Waals surface area contributed by atoms with Crippen LogP contribution in [0.2, 0.25) is 0 Å².